The van der Waals surface area contributed by atoms with Crippen molar-refractivity contribution in [2.75, 3.05) is 12.4 Å². The zero-order chi connectivity index (χ0) is 21.3. The van der Waals surface area contributed by atoms with Gasteiger partial charge in [-0.15, -0.1) is 0 Å². The topological polar surface area (TPSA) is 54.3 Å². The maximum atomic E-state index is 13.3. The number of amides is 2. The number of hydrogen-bond acceptors (Lipinski definition) is 2. The minimum absolute atomic E-state index is 0.0152. The number of carbonyl (C=O) groups excluding carboxylic acids is 1. The number of halogens is 2. The van der Waals surface area contributed by atoms with Gasteiger partial charge in [-0.1, -0.05) is 29.8 Å². The Labute approximate surface area is 173 Å². The quantitative estimate of drug-likeness (QED) is 0.603. The Bertz CT molecular complexity index is 1130. The van der Waals surface area contributed by atoms with Gasteiger partial charge in [-0.25, -0.2) is 9.18 Å². The van der Waals surface area contributed by atoms with Gasteiger partial charge in [-0.05, 0) is 56.0 Å². The summed E-state index contributed by atoms with van der Waals surface area (Å²) in [7, 11) is 1.67. The van der Waals surface area contributed by atoms with E-state index in [1.807, 2.05) is 45.2 Å². The van der Waals surface area contributed by atoms with E-state index in [4.69, 9.17) is 11.6 Å². The molecule has 0 aliphatic heterocycles. The van der Waals surface area contributed by atoms with E-state index >= 15 is 0 Å². The number of anilines is 1. The third-order valence-electron chi connectivity index (χ3n) is 5.06. The van der Waals surface area contributed by atoms with Crippen molar-refractivity contribution in [1.82, 2.24) is 9.47 Å². The van der Waals surface area contributed by atoms with Crippen molar-refractivity contribution in [3.05, 3.63) is 75.4 Å². The maximum Gasteiger partial charge on any atom is 0.322 e. The summed E-state index contributed by atoms with van der Waals surface area (Å²) in [6, 6.07) is 10.7. The first kappa shape index (κ1) is 20.9. The molecule has 3 aromatic rings. The third kappa shape index (κ3) is 4.12. The van der Waals surface area contributed by atoms with Crippen LogP contribution >= 0.6 is 11.6 Å². The fourth-order valence-electron chi connectivity index (χ4n) is 3.22. The SMILES string of the molecule is CC(c1cn(C(C)C)c(=O)c2ccccc12)N(C)C(=O)Nc1ccc(F)c(Cl)c1. The third-order valence-corrected chi connectivity index (χ3v) is 5.35. The predicted molar refractivity (Wildman–Crippen MR) is 115 cm³/mol. The fraction of sp³-hybridized carbons (Fsp3) is 0.273. The number of fused-ring (bicyclic) bond motifs is 1. The molecule has 0 aliphatic rings. The first-order valence-electron chi connectivity index (χ1n) is 9.33. The van der Waals surface area contributed by atoms with Crippen molar-refractivity contribution in [1.29, 1.82) is 0 Å². The molecule has 1 N–H and O–H groups in total. The lowest BCUT2D eigenvalue weighted by atomic mass is 10.0. The molecule has 0 saturated carbocycles. The molecule has 152 valence electrons. The van der Waals surface area contributed by atoms with Crippen LogP contribution in [-0.2, 0) is 0 Å². The van der Waals surface area contributed by atoms with Crippen molar-refractivity contribution in [2.45, 2.75) is 32.9 Å². The molecule has 0 fully saturated rings. The van der Waals surface area contributed by atoms with Gasteiger partial charge in [-0.3, -0.25) is 4.79 Å². The van der Waals surface area contributed by atoms with E-state index in [0.717, 1.165) is 10.9 Å². The van der Waals surface area contributed by atoms with E-state index in [1.165, 1.54) is 23.1 Å². The van der Waals surface area contributed by atoms with Gasteiger partial charge in [0, 0.05) is 30.4 Å². The van der Waals surface area contributed by atoms with Crippen LogP contribution in [-0.4, -0.2) is 22.5 Å². The van der Waals surface area contributed by atoms with Gasteiger partial charge in [-0.2, -0.15) is 0 Å². The Morgan fingerprint density at radius 3 is 2.41 bits per heavy atom. The molecular weight excluding hydrogens is 393 g/mol. The number of benzene rings is 2. The van der Waals surface area contributed by atoms with Crippen LogP contribution in [0, 0.1) is 5.82 Å². The molecule has 2 aromatic carbocycles. The molecule has 1 unspecified atom stereocenters. The van der Waals surface area contributed by atoms with Crippen LogP contribution in [0.15, 0.2) is 53.5 Å². The van der Waals surface area contributed by atoms with Crippen LogP contribution in [0.25, 0.3) is 10.8 Å². The molecule has 29 heavy (non-hydrogen) atoms. The molecule has 0 aliphatic carbocycles. The number of pyridine rings is 1. The molecule has 1 heterocycles. The van der Waals surface area contributed by atoms with E-state index in [2.05, 4.69) is 5.32 Å². The summed E-state index contributed by atoms with van der Waals surface area (Å²) in [4.78, 5) is 27.1. The number of urea groups is 1. The van der Waals surface area contributed by atoms with E-state index in [0.29, 0.717) is 11.1 Å². The zero-order valence-corrected chi connectivity index (χ0v) is 17.5. The lowest BCUT2D eigenvalue weighted by Crippen LogP contribution is -2.34. The normalized spacial score (nSPS) is 12.2. The lowest BCUT2D eigenvalue weighted by molar-refractivity contribution is 0.208. The van der Waals surface area contributed by atoms with Crippen LogP contribution in [0.3, 0.4) is 0 Å². The summed E-state index contributed by atoms with van der Waals surface area (Å²) in [5, 5.41) is 4.09. The zero-order valence-electron chi connectivity index (χ0n) is 16.7. The molecule has 0 spiro atoms. The Morgan fingerprint density at radius 2 is 1.79 bits per heavy atom. The molecule has 1 atom stereocenters. The van der Waals surface area contributed by atoms with Crippen molar-refractivity contribution in [2.24, 2.45) is 0 Å². The molecule has 0 radical (unpaired) electrons. The largest absolute Gasteiger partial charge is 0.322 e. The second-order valence-electron chi connectivity index (χ2n) is 7.28. The second kappa shape index (κ2) is 8.25. The standard InChI is InChI=1S/C22H23ClFN3O2/c1-13(2)27-12-18(16-7-5-6-8-17(16)21(27)28)14(3)26(4)22(29)25-15-9-10-20(24)19(23)11-15/h5-14H,1-4H3,(H,25,29). The van der Waals surface area contributed by atoms with Gasteiger partial charge in [0.1, 0.15) is 5.82 Å². The Hall–Kier alpha value is -2.86. The monoisotopic (exact) mass is 415 g/mol. The lowest BCUT2D eigenvalue weighted by Gasteiger charge is -2.27. The molecule has 0 saturated heterocycles. The van der Waals surface area contributed by atoms with Gasteiger partial charge < -0.3 is 14.8 Å². The van der Waals surface area contributed by atoms with E-state index in [-0.39, 0.29) is 28.7 Å². The Balaban J connectivity index is 1.96. The molecule has 1 aromatic heterocycles. The molecule has 0 bridgehead atoms. The summed E-state index contributed by atoms with van der Waals surface area (Å²) < 4.78 is 15.0. The highest BCUT2D eigenvalue weighted by Crippen LogP contribution is 2.27. The van der Waals surface area contributed by atoms with Crippen LogP contribution < -0.4 is 10.9 Å². The van der Waals surface area contributed by atoms with Crippen LogP contribution in [0.5, 0.6) is 0 Å². The minimum atomic E-state index is -0.547. The van der Waals surface area contributed by atoms with E-state index < -0.39 is 5.82 Å². The summed E-state index contributed by atoms with van der Waals surface area (Å²) in [5.74, 6) is -0.547. The maximum absolute atomic E-state index is 13.3. The highest BCUT2D eigenvalue weighted by Gasteiger charge is 2.22. The van der Waals surface area contributed by atoms with Crippen molar-refractivity contribution in [3.63, 3.8) is 0 Å². The molecule has 7 heteroatoms. The molecule has 2 amide bonds. The van der Waals surface area contributed by atoms with Crippen LogP contribution in [0.1, 0.15) is 38.4 Å². The fourth-order valence-corrected chi connectivity index (χ4v) is 3.41. The number of nitrogens with zero attached hydrogens (tertiary/aromatic N) is 2. The average molecular weight is 416 g/mol. The van der Waals surface area contributed by atoms with Gasteiger partial charge in [0.25, 0.3) is 5.56 Å². The number of hydrogen-bond donors (Lipinski definition) is 1. The Kier molecular flexibility index (Phi) is 5.94. The smallest absolute Gasteiger partial charge is 0.321 e. The molecule has 5 nitrogen and oxygen atoms in total. The van der Waals surface area contributed by atoms with E-state index in [9.17, 15) is 14.0 Å². The van der Waals surface area contributed by atoms with Crippen molar-refractivity contribution >= 4 is 34.1 Å². The van der Waals surface area contributed by atoms with E-state index in [1.54, 1.807) is 17.7 Å². The summed E-state index contributed by atoms with van der Waals surface area (Å²) in [5.41, 5.74) is 1.21. The average Bonchev–Trinajstić information content (AvgIpc) is 2.70. The summed E-state index contributed by atoms with van der Waals surface area (Å²) in [6.45, 7) is 5.78. The first-order valence-corrected chi connectivity index (χ1v) is 9.71. The van der Waals surface area contributed by atoms with Gasteiger partial charge in [0.05, 0.1) is 11.1 Å². The van der Waals surface area contributed by atoms with Crippen LogP contribution in [0.4, 0.5) is 14.9 Å². The number of nitrogens with one attached hydrogen (secondary N) is 1. The molecular formula is C22H23ClFN3O2. The van der Waals surface area contributed by atoms with Gasteiger partial charge in [0.2, 0.25) is 0 Å². The van der Waals surface area contributed by atoms with Crippen LogP contribution in [0.2, 0.25) is 5.02 Å². The highest BCUT2D eigenvalue weighted by molar-refractivity contribution is 6.31. The molecule has 3 rings (SSSR count). The van der Waals surface area contributed by atoms with Gasteiger partial charge in [0.15, 0.2) is 0 Å². The highest BCUT2D eigenvalue weighted by atomic mass is 35.5. The number of rotatable bonds is 4. The second-order valence-corrected chi connectivity index (χ2v) is 7.69. The Morgan fingerprint density at radius 1 is 1.14 bits per heavy atom. The van der Waals surface area contributed by atoms with Crippen molar-refractivity contribution < 1.29 is 9.18 Å². The summed E-state index contributed by atoms with van der Waals surface area (Å²) in [6.07, 6.45) is 1.82. The van der Waals surface area contributed by atoms with Gasteiger partial charge >= 0.3 is 6.03 Å². The van der Waals surface area contributed by atoms with Crippen molar-refractivity contribution in [3.8, 4) is 0 Å². The summed E-state index contributed by atoms with van der Waals surface area (Å²) >= 11 is 5.79. The predicted octanol–water partition coefficient (Wildman–Crippen LogP) is 5.60. The number of aromatic nitrogens is 1. The first-order chi connectivity index (χ1) is 13.7. The number of carbonyl (C=O) groups is 1. The minimum Gasteiger partial charge on any atom is -0.321 e.